The normalized spacial score (nSPS) is 13.9. The summed E-state index contributed by atoms with van der Waals surface area (Å²) in [4.78, 5) is 21.6. The van der Waals surface area contributed by atoms with Gasteiger partial charge in [-0.1, -0.05) is 20.8 Å². The number of carbonyl (C=O) groups is 1. The molecule has 0 aliphatic rings. The highest BCUT2D eigenvalue weighted by atomic mass is 17.2. The number of hydrogen-bond donors (Lipinski definition) is 0. The van der Waals surface area contributed by atoms with Gasteiger partial charge in [-0.3, -0.25) is 4.89 Å². The molecule has 0 fully saturated rings. The van der Waals surface area contributed by atoms with Crippen molar-refractivity contribution in [1.29, 1.82) is 0 Å². The van der Waals surface area contributed by atoms with Crippen LogP contribution in [-0.2, 0) is 14.6 Å². The highest BCUT2D eigenvalue weighted by Gasteiger charge is 2.37. The quantitative estimate of drug-likeness (QED) is 0.524. The molecule has 0 bridgehead atoms. The maximum atomic E-state index is 11.5. The van der Waals surface area contributed by atoms with Gasteiger partial charge >= 0.3 is 5.97 Å². The molecule has 15 heavy (non-hydrogen) atoms. The summed E-state index contributed by atoms with van der Waals surface area (Å²) in [5.41, 5.74) is -1.13. The second-order valence-corrected chi connectivity index (χ2v) is 6.46. The van der Waals surface area contributed by atoms with Gasteiger partial charge < -0.3 is 0 Å². The summed E-state index contributed by atoms with van der Waals surface area (Å²) in [5, 5.41) is 0. The molecule has 0 aromatic rings. The summed E-state index contributed by atoms with van der Waals surface area (Å²) in [5.74, 6) is -0.347. The van der Waals surface area contributed by atoms with Crippen LogP contribution in [0.1, 0.15) is 55.4 Å². The first-order chi connectivity index (χ1) is 6.38. The van der Waals surface area contributed by atoms with Gasteiger partial charge in [-0.2, -0.15) is 4.89 Å². The Labute approximate surface area is 93.1 Å². The molecular weight excluding hydrogens is 192 g/mol. The number of carbonyl (C=O) groups excluding carboxylic acids is 1. The summed E-state index contributed by atoms with van der Waals surface area (Å²) in [6.45, 7) is 15.3. The van der Waals surface area contributed by atoms with Gasteiger partial charge in [0.05, 0.1) is 5.41 Å². The smallest absolute Gasteiger partial charge is 0.297 e. The molecule has 0 radical (unpaired) electrons. The van der Waals surface area contributed by atoms with E-state index in [4.69, 9.17) is 9.78 Å². The summed E-state index contributed by atoms with van der Waals surface area (Å²) < 4.78 is 0. The Morgan fingerprint density at radius 1 is 0.867 bits per heavy atom. The standard InChI is InChI=1S/C12H24O3/c1-10(2,3)9(13)14-15-12(7,8)11(4,5)6/h1-8H3. The van der Waals surface area contributed by atoms with Crippen molar-refractivity contribution in [3.63, 3.8) is 0 Å². The van der Waals surface area contributed by atoms with Crippen molar-refractivity contribution in [3.05, 3.63) is 0 Å². The minimum Gasteiger partial charge on any atom is -0.297 e. The molecule has 3 nitrogen and oxygen atoms in total. The van der Waals surface area contributed by atoms with Gasteiger partial charge in [0.25, 0.3) is 0 Å². The maximum Gasteiger partial charge on any atom is 0.347 e. The zero-order chi connectivity index (χ0) is 12.5. The zero-order valence-corrected chi connectivity index (χ0v) is 11.2. The van der Waals surface area contributed by atoms with Crippen molar-refractivity contribution in [1.82, 2.24) is 0 Å². The Balaban J connectivity index is 4.36. The fourth-order valence-electron chi connectivity index (χ4n) is 0.392. The van der Waals surface area contributed by atoms with Crippen LogP contribution in [0.2, 0.25) is 0 Å². The molecule has 0 amide bonds. The zero-order valence-electron chi connectivity index (χ0n) is 11.2. The molecule has 0 spiro atoms. The van der Waals surface area contributed by atoms with E-state index in [2.05, 4.69) is 0 Å². The Hall–Kier alpha value is -0.570. The molecule has 0 unspecified atom stereocenters. The average Bonchev–Trinajstić information content (AvgIpc) is 1.96. The van der Waals surface area contributed by atoms with E-state index < -0.39 is 11.0 Å². The summed E-state index contributed by atoms with van der Waals surface area (Å²) >= 11 is 0. The topological polar surface area (TPSA) is 35.5 Å². The van der Waals surface area contributed by atoms with Crippen molar-refractivity contribution < 1.29 is 14.6 Å². The van der Waals surface area contributed by atoms with Crippen molar-refractivity contribution in [2.24, 2.45) is 10.8 Å². The van der Waals surface area contributed by atoms with E-state index in [1.165, 1.54) is 0 Å². The first kappa shape index (κ1) is 14.4. The van der Waals surface area contributed by atoms with Crippen molar-refractivity contribution in [2.75, 3.05) is 0 Å². The van der Waals surface area contributed by atoms with E-state index in [9.17, 15) is 4.79 Å². The Morgan fingerprint density at radius 2 is 1.27 bits per heavy atom. The van der Waals surface area contributed by atoms with Crippen LogP contribution in [0.3, 0.4) is 0 Å². The summed E-state index contributed by atoms with van der Waals surface area (Å²) in [7, 11) is 0. The van der Waals surface area contributed by atoms with Gasteiger partial charge in [0.15, 0.2) is 0 Å². The molecule has 0 heterocycles. The monoisotopic (exact) mass is 216 g/mol. The lowest BCUT2D eigenvalue weighted by Crippen LogP contribution is -2.41. The number of rotatable bonds is 2. The second kappa shape index (κ2) is 4.12. The fraction of sp³-hybridized carbons (Fsp3) is 0.917. The van der Waals surface area contributed by atoms with E-state index in [0.29, 0.717) is 0 Å². The molecule has 0 saturated heterocycles. The molecule has 0 aliphatic heterocycles. The Kier molecular flexibility index (Phi) is 3.97. The molecule has 0 atom stereocenters. The van der Waals surface area contributed by atoms with Crippen LogP contribution in [0.25, 0.3) is 0 Å². The molecule has 0 aromatic heterocycles. The molecule has 0 aliphatic carbocycles. The highest BCUT2D eigenvalue weighted by molar-refractivity contribution is 5.74. The van der Waals surface area contributed by atoms with Crippen LogP contribution >= 0.6 is 0 Å². The highest BCUT2D eigenvalue weighted by Crippen LogP contribution is 2.33. The lowest BCUT2D eigenvalue weighted by atomic mass is 9.79. The molecular formula is C12H24O3. The molecule has 3 heteroatoms. The fourth-order valence-corrected chi connectivity index (χ4v) is 0.392. The first-order valence-corrected chi connectivity index (χ1v) is 5.28. The van der Waals surface area contributed by atoms with Crippen molar-refractivity contribution >= 4 is 5.97 Å². The molecule has 0 saturated carbocycles. The third-order valence-corrected chi connectivity index (χ3v) is 2.74. The lowest BCUT2D eigenvalue weighted by molar-refractivity contribution is -0.349. The number of hydrogen-bond acceptors (Lipinski definition) is 3. The minimum absolute atomic E-state index is 0.0921. The van der Waals surface area contributed by atoms with E-state index >= 15 is 0 Å². The predicted octanol–water partition coefficient (Wildman–Crippen LogP) is 3.33. The van der Waals surface area contributed by atoms with Crippen LogP contribution < -0.4 is 0 Å². The molecule has 0 aromatic carbocycles. The van der Waals surface area contributed by atoms with Gasteiger partial charge in [0, 0.05) is 0 Å². The Morgan fingerprint density at radius 3 is 1.53 bits per heavy atom. The third kappa shape index (κ3) is 4.20. The van der Waals surface area contributed by atoms with E-state index in [1.54, 1.807) is 20.8 Å². The predicted molar refractivity (Wildman–Crippen MR) is 60.2 cm³/mol. The lowest BCUT2D eigenvalue weighted by Gasteiger charge is -2.36. The van der Waals surface area contributed by atoms with E-state index in [0.717, 1.165) is 0 Å². The van der Waals surface area contributed by atoms with Crippen LogP contribution in [0.15, 0.2) is 0 Å². The van der Waals surface area contributed by atoms with Crippen molar-refractivity contribution in [3.8, 4) is 0 Å². The average molecular weight is 216 g/mol. The van der Waals surface area contributed by atoms with Gasteiger partial charge in [-0.25, -0.2) is 4.79 Å². The molecule has 0 N–H and O–H groups in total. The van der Waals surface area contributed by atoms with Crippen LogP contribution in [0.5, 0.6) is 0 Å². The van der Waals surface area contributed by atoms with Gasteiger partial charge in [-0.15, -0.1) is 0 Å². The van der Waals surface area contributed by atoms with E-state index in [1.807, 2.05) is 34.6 Å². The maximum absolute atomic E-state index is 11.5. The van der Waals surface area contributed by atoms with Crippen LogP contribution in [0, 0.1) is 10.8 Å². The molecule has 0 rings (SSSR count). The van der Waals surface area contributed by atoms with Gasteiger partial charge in [-0.05, 0) is 40.0 Å². The first-order valence-electron chi connectivity index (χ1n) is 5.28. The largest absolute Gasteiger partial charge is 0.347 e. The van der Waals surface area contributed by atoms with Gasteiger partial charge in [0.1, 0.15) is 5.60 Å². The SMILES string of the molecule is CC(C)(C)C(=O)OOC(C)(C)C(C)(C)C. The third-order valence-electron chi connectivity index (χ3n) is 2.74. The van der Waals surface area contributed by atoms with Crippen LogP contribution in [-0.4, -0.2) is 11.6 Å². The van der Waals surface area contributed by atoms with Gasteiger partial charge in [0.2, 0.25) is 0 Å². The summed E-state index contributed by atoms with van der Waals surface area (Å²) in [6, 6.07) is 0. The molecule has 90 valence electrons. The van der Waals surface area contributed by atoms with Crippen LogP contribution in [0.4, 0.5) is 0 Å². The van der Waals surface area contributed by atoms with Crippen molar-refractivity contribution in [2.45, 2.75) is 61.0 Å². The minimum atomic E-state index is -0.534. The van der Waals surface area contributed by atoms with E-state index in [-0.39, 0.29) is 11.4 Å². The second-order valence-electron chi connectivity index (χ2n) is 6.46. The summed E-state index contributed by atoms with van der Waals surface area (Å²) in [6.07, 6.45) is 0. The Bertz CT molecular complexity index is 228.